The average Bonchev–Trinajstić information content (AvgIpc) is 3.47. The van der Waals surface area contributed by atoms with E-state index in [1.807, 2.05) is 0 Å². The Bertz CT molecular complexity index is 832. The van der Waals surface area contributed by atoms with Crippen molar-refractivity contribution in [1.29, 1.82) is 0 Å². The molecule has 0 amide bonds. The maximum absolute atomic E-state index is 2.44. The SMILES string of the molecule is c1ccc(C2CCCC2P(c2ccccc2)C2CCCC2c2ccccc2)cc1. The second kappa shape index (κ2) is 8.85. The Labute approximate surface area is 177 Å². The predicted octanol–water partition coefficient (Wildman–Crippen LogP) is 7.47. The van der Waals surface area contributed by atoms with Crippen LogP contribution in [0.3, 0.4) is 0 Å². The van der Waals surface area contributed by atoms with Gasteiger partial charge in [0.15, 0.2) is 0 Å². The Balaban J connectivity index is 1.54. The summed E-state index contributed by atoms with van der Waals surface area (Å²) in [6.07, 6.45) is 8.31. The van der Waals surface area contributed by atoms with Crippen LogP contribution >= 0.6 is 7.92 Å². The lowest BCUT2D eigenvalue weighted by Crippen LogP contribution is -2.26. The summed E-state index contributed by atoms with van der Waals surface area (Å²) in [6, 6.07) is 34.4. The molecule has 0 aromatic heterocycles. The average molecular weight is 399 g/mol. The van der Waals surface area contributed by atoms with Gasteiger partial charge in [-0.2, -0.15) is 0 Å². The van der Waals surface area contributed by atoms with Gasteiger partial charge in [-0.3, -0.25) is 0 Å². The molecule has 0 heterocycles. The third-order valence-electron chi connectivity index (χ3n) is 7.18. The minimum Gasteiger partial charge on any atom is -0.0677 e. The van der Waals surface area contributed by atoms with Gasteiger partial charge in [0.1, 0.15) is 0 Å². The number of rotatable bonds is 5. The van der Waals surface area contributed by atoms with Crippen LogP contribution in [0.15, 0.2) is 91.0 Å². The van der Waals surface area contributed by atoms with Crippen molar-refractivity contribution >= 4 is 13.2 Å². The van der Waals surface area contributed by atoms with Crippen LogP contribution in [-0.2, 0) is 0 Å². The summed E-state index contributed by atoms with van der Waals surface area (Å²) >= 11 is 0. The van der Waals surface area contributed by atoms with Crippen LogP contribution in [0.5, 0.6) is 0 Å². The van der Waals surface area contributed by atoms with Gasteiger partial charge in [0.05, 0.1) is 0 Å². The summed E-state index contributed by atoms with van der Waals surface area (Å²) in [5, 5.41) is 1.64. The van der Waals surface area contributed by atoms with Gasteiger partial charge in [-0.05, 0) is 65.3 Å². The molecule has 2 aliphatic rings. The lowest BCUT2D eigenvalue weighted by Gasteiger charge is -2.37. The van der Waals surface area contributed by atoms with Gasteiger partial charge in [-0.25, -0.2) is 0 Å². The van der Waals surface area contributed by atoms with Gasteiger partial charge in [0.25, 0.3) is 0 Å². The van der Waals surface area contributed by atoms with Crippen molar-refractivity contribution in [2.75, 3.05) is 0 Å². The normalized spacial score (nSPS) is 27.7. The molecular formula is C28H31P. The molecule has 0 bridgehead atoms. The molecule has 4 atom stereocenters. The lowest BCUT2D eigenvalue weighted by atomic mass is 9.97. The first-order valence-corrected chi connectivity index (χ1v) is 12.8. The molecule has 2 fully saturated rings. The standard InChI is InChI=1S/C28H31P/c1-4-12-22(13-5-1)25-18-10-20-27(25)29(24-16-8-3-9-17-24)28-21-11-19-26(28)23-14-6-2-7-15-23/h1-9,12-17,25-28H,10-11,18-21H2. The van der Waals surface area contributed by atoms with Crippen LogP contribution in [0.25, 0.3) is 0 Å². The molecule has 0 spiro atoms. The zero-order valence-corrected chi connectivity index (χ0v) is 18.1. The molecular weight excluding hydrogens is 367 g/mol. The molecule has 0 aliphatic heterocycles. The van der Waals surface area contributed by atoms with E-state index in [9.17, 15) is 0 Å². The molecule has 1 heteroatoms. The van der Waals surface area contributed by atoms with E-state index in [2.05, 4.69) is 91.0 Å². The summed E-state index contributed by atoms with van der Waals surface area (Å²) < 4.78 is 0. The minimum atomic E-state index is -0.184. The first kappa shape index (κ1) is 19.1. The Morgan fingerprint density at radius 3 is 1.34 bits per heavy atom. The molecule has 2 saturated carbocycles. The lowest BCUT2D eigenvalue weighted by molar-refractivity contribution is 0.697. The second-order valence-corrected chi connectivity index (χ2v) is 11.4. The van der Waals surface area contributed by atoms with E-state index in [4.69, 9.17) is 0 Å². The zero-order valence-electron chi connectivity index (χ0n) is 17.2. The van der Waals surface area contributed by atoms with Crippen LogP contribution in [0, 0.1) is 0 Å². The molecule has 0 radical (unpaired) electrons. The van der Waals surface area contributed by atoms with Crippen molar-refractivity contribution in [3.8, 4) is 0 Å². The zero-order chi connectivity index (χ0) is 19.5. The van der Waals surface area contributed by atoms with Crippen molar-refractivity contribution in [1.82, 2.24) is 0 Å². The van der Waals surface area contributed by atoms with Gasteiger partial charge in [0.2, 0.25) is 0 Å². The number of benzene rings is 3. The smallest absolute Gasteiger partial charge is 0.00911 e. The van der Waals surface area contributed by atoms with Gasteiger partial charge >= 0.3 is 0 Å². The first-order chi connectivity index (χ1) is 14.4. The van der Waals surface area contributed by atoms with Crippen LogP contribution in [0.1, 0.15) is 61.5 Å². The molecule has 5 rings (SSSR count). The number of hydrogen-bond donors (Lipinski definition) is 0. The van der Waals surface area contributed by atoms with E-state index in [0.29, 0.717) is 0 Å². The quantitative estimate of drug-likeness (QED) is 0.391. The largest absolute Gasteiger partial charge is 0.0677 e. The minimum absolute atomic E-state index is 0.184. The van der Waals surface area contributed by atoms with Gasteiger partial charge in [0, 0.05) is 0 Å². The Hall–Kier alpha value is -1.91. The highest BCUT2D eigenvalue weighted by Gasteiger charge is 2.43. The topological polar surface area (TPSA) is 0 Å². The van der Waals surface area contributed by atoms with Gasteiger partial charge < -0.3 is 0 Å². The van der Waals surface area contributed by atoms with E-state index < -0.39 is 0 Å². The highest BCUT2D eigenvalue weighted by Crippen LogP contribution is 2.62. The summed E-state index contributed by atoms with van der Waals surface area (Å²) in [7, 11) is -0.184. The van der Waals surface area contributed by atoms with Gasteiger partial charge in [-0.1, -0.05) is 112 Å². The Morgan fingerprint density at radius 1 is 0.483 bits per heavy atom. The van der Waals surface area contributed by atoms with Crippen molar-refractivity contribution in [2.45, 2.75) is 61.7 Å². The highest BCUT2D eigenvalue weighted by atomic mass is 31.1. The van der Waals surface area contributed by atoms with E-state index in [0.717, 1.165) is 23.2 Å². The molecule has 2 aliphatic carbocycles. The van der Waals surface area contributed by atoms with Crippen LogP contribution in [-0.4, -0.2) is 11.3 Å². The van der Waals surface area contributed by atoms with Crippen molar-refractivity contribution in [3.05, 3.63) is 102 Å². The van der Waals surface area contributed by atoms with E-state index >= 15 is 0 Å². The van der Waals surface area contributed by atoms with Crippen LogP contribution in [0.4, 0.5) is 0 Å². The second-order valence-electron chi connectivity index (χ2n) is 8.77. The maximum atomic E-state index is 2.44. The molecule has 4 unspecified atom stereocenters. The van der Waals surface area contributed by atoms with E-state index in [-0.39, 0.29) is 7.92 Å². The maximum Gasteiger partial charge on any atom is -0.00911 e. The summed E-state index contributed by atoms with van der Waals surface area (Å²) in [6.45, 7) is 0. The molecule has 29 heavy (non-hydrogen) atoms. The molecule has 3 aromatic carbocycles. The fraction of sp³-hybridized carbons (Fsp3) is 0.357. The first-order valence-electron chi connectivity index (χ1n) is 11.3. The fourth-order valence-electron chi connectivity index (χ4n) is 5.95. The van der Waals surface area contributed by atoms with Crippen molar-refractivity contribution < 1.29 is 0 Å². The Kier molecular flexibility index (Phi) is 5.82. The summed E-state index contributed by atoms with van der Waals surface area (Å²) in [5.41, 5.74) is 4.80. The third-order valence-corrected chi connectivity index (χ3v) is 10.7. The van der Waals surface area contributed by atoms with Crippen LogP contribution in [0.2, 0.25) is 0 Å². The van der Waals surface area contributed by atoms with Crippen molar-refractivity contribution in [3.63, 3.8) is 0 Å². The van der Waals surface area contributed by atoms with E-state index in [1.54, 1.807) is 16.4 Å². The van der Waals surface area contributed by atoms with Crippen molar-refractivity contribution in [2.24, 2.45) is 0 Å². The summed E-state index contributed by atoms with van der Waals surface area (Å²) in [4.78, 5) is 0. The van der Waals surface area contributed by atoms with Gasteiger partial charge in [-0.15, -0.1) is 0 Å². The molecule has 0 nitrogen and oxygen atoms in total. The number of hydrogen-bond acceptors (Lipinski definition) is 0. The summed E-state index contributed by atoms with van der Waals surface area (Å²) in [5.74, 6) is 1.47. The van der Waals surface area contributed by atoms with E-state index in [1.165, 1.54) is 38.5 Å². The highest BCUT2D eigenvalue weighted by molar-refractivity contribution is 7.67. The molecule has 0 N–H and O–H groups in total. The monoisotopic (exact) mass is 398 g/mol. The molecule has 3 aromatic rings. The molecule has 148 valence electrons. The third kappa shape index (κ3) is 3.93. The predicted molar refractivity (Wildman–Crippen MR) is 127 cm³/mol. The van der Waals surface area contributed by atoms with Crippen LogP contribution < -0.4 is 5.30 Å². The fourth-order valence-corrected chi connectivity index (χ4v) is 10.1. The Morgan fingerprint density at radius 2 is 0.897 bits per heavy atom. The molecule has 0 saturated heterocycles.